The van der Waals surface area contributed by atoms with Gasteiger partial charge in [-0.2, -0.15) is 0 Å². The van der Waals surface area contributed by atoms with Crippen LogP contribution in [0.15, 0.2) is 35.3 Å². The molecule has 6 nitrogen and oxygen atoms in total. The van der Waals surface area contributed by atoms with Crippen LogP contribution in [0.3, 0.4) is 0 Å². The van der Waals surface area contributed by atoms with Crippen LogP contribution in [0.1, 0.15) is 25.3 Å². The Balaban J connectivity index is 1.46. The maximum Gasteiger partial charge on any atom is 0.190 e. The van der Waals surface area contributed by atoms with Crippen molar-refractivity contribution in [1.29, 1.82) is 0 Å². The minimum absolute atomic E-state index is 0.407. The molecule has 152 valence electrons. The first-order chi connectivity index (χ1) is 13.3. The predicted molar refractivity (Wildman–Crippen MR) is 109 cm³/mol. The van der Waals surface area contributed by atoms with Crippen LogP contribution < -0.4 is 10.6 Å². The molecule has 2 unspecified atom stereocenters. The van der Waals surface area contributed by atoms with Crippen LogP contribution in [-0.4, -0.2) is 59.1 Å². The summed E-state index contributed by atoms with van der Waals surface area (Å²) >= 11 is 0. The molecular weight excluding hydrogens is 342 g/mol. The Labute approximate surface area is 163 Å². The molecule has 0 radical (unpaired) electrons. The Morgan fingerprint density at radius 2 is 2.11 bits per heavy atom. The Hall–Kier alpha value is -1.63. The third kappa shape index (κ3) is 9.75. The van der Waals surface area contributed by atoms with Gasteiger partial charge < -0.3 is 24.8 Å². The van der Waals surface area contributed by atoms with Crippen molar-refractivity contribution in [2.24, 2.45) is 16.8 Å². The lowest BCUT2D eigenvalue weighted by Gasteiger charge is -2.16. The molecular formula is C21H35N3O3. The van der Waals surface area contributed by atoms with Crippen LogP contribution >= 0.6 is 0 Å². The first-order valence-electron chi connectivity index (χ1n) is 9.99. The van der Waals surface area contributed by atoms with E-state index in [1.807, 2.05) is 18.2 Å². The van der Waals surface area contributed by atoms with Crippen LogP contribution in [-0.2, 0) is 20.8 Å². The predicted octanol–water partition coefficient (Wildman–Crippen LogP) is 2.45. The quantitative estimate of drug-likeness (QED) is 0.333. The standard InChI is InChI=1S/C21H35N3O3/c1-18(14-27-15-19-7-4-3-5-8-19)13-24-21(22-2)23-10-6-11-25-16-20-9-12-26-17-20/h3-5,7-8,18,20H,6,9-17H2,1-2H3,(H2,22,23,24). The highest BCUT2D eigenvalue weighted by Crippen LogP contribution is 2.12. The zero-order valence-corrected chi connectivity index (χ0v) is 16.8. The number of nitrogens with one attached hydrogen (secondary N) is 2. The molecule has 0 amide bonds. The molecule has 6 heteroatoms. The van der Waals surface area contributed by atoms with Crippen molar-refractivity contribution in [2.75, 3.05) is 53.2 Å². The van der Waals surface area contributed by atoms with E-state index in [0.29, 0.717) is 18.4 Å². The summed E-state index contributed by atoms with van der Waals surface area (Å²) < 4.78 is 16.9. The van der Waals surface area contributed by atoms with Gasteiger partial charge in [0.15, 0.2) is 5.96 Å². The lowest BCUT2D eigenvalue weighted by molar-refractivity contribution is 0.0887. The normalized spacial score (nSPS) is 18.4. The van der Waals surface area contributed by atoms with Crippen molar-refractivity contribution in [3.05, 3.63) is 35.9 Å². The highest BCUT2D eigenvalue weighted by Gasteiger charge is 2.15. The number of aliphatic imine (C=N–C) groups is 1. The number of hydrogen-bond donors (Lipinski definition) is 2. The highest BCUT2D eigenvalue weighted by molar-refractivity contribution is 5.79. The van der Waals surface area contributed by atoms with Crippen molar-refractivity contribution in [1.82, 2.24) is 10.6 Å². The second kappa shape index (κ2) is 13.5. The Kier molecular flexibility index (Phi) is 10.9. The molecule has 0 aromatic heterocycles. The maximum absolute atomic E-state index is 5.79. The van der Waals surface area contributed by atoms with Crippen molar-refractivity contribution >= 4 is 5.96 Å². The van der Waals surface area contributed by atoms with Crippen LogP contribution in [0.2, 0.25) is 0 Å². The maximum atomic E-state index is 5.79. The molecule has 1 heterocycles. The Morgan fingerprint density at radius 3 is 2.85 bits per heavy atom. The van der Waals surface area contributed by atoms with Gasteiger partial charge in [-0.05, 0) is 24.3 Å². The largest absolute Gasteiger partial charge is 0.381 e. The smallest absolute Gasteiger partial charge is 0.190 e. The number of nitrogens with zero attached hydrogens (tertiary/aromatic N) is 1. The van der Waals surface area contributed by atoms with Gasteiger partial charge in [0.1, 0.15) is 0 Å². The van der Waals surface area contributed by atoms with E-state index >= 15 is 0 Å². The summed E-state index contributed by atoms with van der Waals surface area (Å²) in [5.74, 6) is 1.82. The topological polar surface area (TPSA) is 64.1 Å². The summed E-state index contributed by atoms with van der Waals surface area (Å²) in [6.45, 7) is 8.54. The van der Waals surface area contributed by atoms with Crippen LogP contribution in [0.25, 0.3) is 0 Å². The molecule has 0 bridgehead atoms. The number of rotatable bonds is 12. The van der Waals surface area contributed by atoms with E-state index in [9.17, 15) is 0 Å². The van der Waals surface area contributed by atoms with Gasteiger partial charge in [-0.3, -0.25) is 4.99 Å². The first-order valence-corrected chi connectivity index (χ1v) is 9.99. The van der Waals surface area contributed by atoms with Crippen LogP contribution in [0, 0.1) is 11.8 Å². The molecule has 1 aliphatic heterocycles. The molecule has 2 atom stereocenters. The zero-order valence-electron chi connectivity index (χ0n) is 16.8. The lowest BCUT2D eigenvalue weighted by Crippen LogP contribution is -2.40. The van der Waals surface area contributed by atoms with Gasteiger partial charge in [0, 0.05) is 39.3 Å². The first kappa shape index (κ1) is 21.7. The molecule has 2 rings (SSSR count). The summed E-state index contributed by atoms with van der Waals surface area (Å²) in [7, 11) is 1.79. The second-order valence-corrected chi connectivity index (χ2v) is 7.14. The van der Waals surface area contributed by atoms with Gasteiger partial charge in [0.25, 0.3) is 0 Å². The summed E-state index contributed by atoms with van der Waals surface area (Å²) in [6.07, 6.45) is 2.09. The second-order valence-electron chi connectivity index (χ2n) is 7.14. The SMILES string of the molecule is CN=C(NCCCOCC1CCOC1)NCC(C)COCc1ccccc1. The zero-order chi connectivity index (χ0) is 19.2. The Bertz CT molecular complexity index is 519. The third-order valence-electron chi connectivity index (χ3n) is 4.49. The van der Waals surface area contributed by atoms with Crippen LogP contribution in [0.4, 0.5) is 0 Å². The van der Waals surface area contributed by atoms with E-state index in [-0.39, 0.29) is 0 Å². The molecule has 27 heavy (non-hydrogen) atoms. The van der Waals surface area contributed by atoms with Crippen molar-refractivity contribution in [2.45, 2.75) is 26.4 Å². The average Bonchev–Trinajstić information content (AvgIpc) is 3.21. The van der Waals surface area contributed by atoms with E-state index in [2.05, 4.69) is 34.7 Å². The molecule has 1 saturated heterocycles. The fourth-order valence-corrected chi connectivity index (χ4v) is 2.85. The summed E-state index contributed by atoms with van der Waals surface area (Å²) in [4.78, 5) is 4.26. The van der Waals surface area contributed by atoms with E-state index in [4.69, 9.17) is 14.2 Å². The molecule has 1 fully saturated rings. The molecule has 0 saturated carbocycles. The van der Waals surface area contributed by atoms with E-state index in [1.165, 1.54) is 5.56 Å². The van der Waals surface area contributed by atoms with E-state index < -0.39 is 0 Å². The number of guanidine groups is 1. The highest BCUT2D eigenvalue weighted by atomic mass is 16.5. The third-order valence-corrected chi connectivity index (χ3v) is 4.49. The summed E-state index contributed by atoms with van der Waals surface area (Å²) in [6, 6.07) is 10.3. The van der Waals surface area contributed by atoms with Gasteiger partial charge in [-0.25, -0.2) is 0 Å². The fourth-order valence-electron chi connectivity index (χ4n) is 2.85. The van der Waals surface area contributed by atoms with E-state index in [1.54, 1.807) is 7.05 Å². The monoisotopic (exact) mass is 377 g/mol. The Morgan fingerprint density at radius 1 is 1.26 bits per heavy atom. The van der Waals surface area contributed by atoms with Gasteiger partial charge in [-0.15, -0.1) is 0 Å². The number of benzene rings is 1. The van der Waals surface area contributed by atoms with Crippen molar-refractivity contribution in [3.63, 3.8) is 0 Å². The minimum atomic E-state index is 0.407. The number of hydrogen-bond acceptors (Lipinski definition) is 4. The summed E-state index contributed by atoms with van der Waals surface area (Å²) in [5, 5.41) is 6.68. The molecule has 0 aliphatic carbocycles. The molecule has 1 aromatic carbocycles. The van der Waals surface area contributed by atoms with Crippen LogP contribution in [0.5, 0.6) is 0 Å². The molecule has 2 N–H and O–H groups in total. The van der Waals surface area contributed by atoms with E-state index in [0.717, 1.165) is 64.9 Å². The number of ether oxygens (including phenoxy) is 3. The average molecular weight is 378 g/mol. The van der Waals surface area contributed by atoms with Gasteiger partial charge in [-0.1, -0.05) is 37.3 Å². The van der Waals surface area contributed by atoms with Gasteiger partial charge in [0.05, 0.1) is 26.4 Å². The van der Waals surface area contributed by atoms with Crippen molar-refractivity contribution < 1.29 is 14.2 Å². The van der Waals surface area contributed by atoms with Gasteiger partial charge in [0.2, 0.25) is 0 Å². The molecule has 0 spiro atoms. The summed E-state index contributed by atoms with van der Waals surface area (Å²) in [5.41, 5.74) is 1.21. The molecule has 1 aromatic rings. The lowest BCUT2D eigenvalue weighted by atomic mass is 10.1. The molecule has 1 aliphatic rings. The van der Waals surface area contributed by atoms with Gasteiger partial charge >= 0.3 is 0 Å². The fraction of sp³-hybridized carbons (Fsp3) is 0.667. The minimum Gasteiger partial charge on any atom is -0.381 e. The van der Waals surface area contributed by atoms with Crippen molar-refractivity contribution in [3.8, 4) is 0 Å².